The molecule has 3 N–H and O–H groups in total. The van der Waals surface area contributed by atoms with Crippen LogP contribution >= 0.6 is 11.5 Å². The van der Waals surface area contributed by atoms with E-state index >= 15 is 0 Å². The first kappa shape index (κ1) is 13.8. The zero-order valence-corrected chi connectivity index (χ0v) is 12.3. The monoisotopic (exact) mass is 303 g/mol. The Morgan fingerprint density at radius 3 is 2.67 bits per heavy atom. The summed E-state index contributed by atoms with van der Waals surface area (Å²) in [5.41, 5.74) is 6.19. The molecule has 7 heteroatoms. The van der Waals surface area contributed by atoms with Gasteiger partial charge < -0.3 is 16.0 Å². The Hall–Kier alpha value is -2.15. The summed E-state index contributed by atoms with van der Waals surface area (Å²) in [6.45, 7) is 1.71. The summed E-state index contributed by atoms with van der Waals surface area (Å²) in [4.78, 5) is 17.7. The quantitative estimate of drug-likeness (QED) is 0.906. The van der Waals surface area contributed by atoms with Crippen LogP contribution in [-0.4, -0.2) is 34.5 Å². The Morgan fingerprint density at radius 1 is 1.29 bits per heavy atom. The molecule has 0 radical (unpaired) electrons. The van der Waals surface area contributed by atoms with E-state index in [1.54, 1.807) is 0 Å². The molecule has 0 unspecified atom stereocenters. The van der Waals surface area contributed by atoms with Crippen molar-refractivity contribution in [1.82, 2.24) is 14.7 Å². The fraction of sp³-hybridized carbons (Fsp3) is 0.357. The number of nitrogens with one attached hydrogen (secondary N) is 1. The highest BCUT2D eigenvalue weighted by molar-refractivity contribution is 7.09. The zero-order valence-electron chi connectivity index (χ0n) is 11.5. The van der Waals surface area contributed by atoms with Gasteiger partial charge in [0, 0.05) is 36.2 Å². The number of hydrogen-bond donors (Lipinski definition) is 2. The summed E-state index contributed by atoms with van der Waals surface area (Å²) in [5.74, 6) is 0.771. The minimum atomic E-state index is -0.448. The van der Waals surface area contributed by atoms with Gasteiger partial charge in [-0.2, -0.15) is 9.36 Å². The van der Waals surface area contributed by atoms with Crippen LogP contribution in [0, 0.1) is 0 Å². The van der Waals surface area contributed by atoms with Crippen LogP contribution in [0.1, 0.15) is 12.8 Å². The number of carbonyl (C=O) groups excluding carboxylic acids is 1. The number of urea groups is 1. The summed E-state index contributed by atoms with van der Waals surface area (Å²) < 4.78 is 4.43. The van der Waals surface area contributed by atoms with E-state index in [0.29, 0.717) is 0 Å². The van der Waals surface area contributed by atoms with Crippen molar-refractivity contribution in [3.8, 4) is 11.4 Å². The van der Waals surface area contributed by atoms with Gasteiger partial charge in [-0.1, -0.05) is 30.3 Å². The van der Waals surface area contributed by atoms with E-state index in [1.165, 1.54) is 11.5 Å². The molecule has 1 aliphatic heterocycles. The van der Waals surface area contributed by atoms with E-state index in [1.807, 2.05) is 30.3 Å². The van der Waals surface area contributed by atoms with Gasteiger partial charge in [0.05, 0.1) is 0 Å². The zero-order chi connectivity index (χ0) is 14.7. The van der Waals surface area contributed by atoms with Gasteiger partial charge in [0.25, 0.3) is 0 Å². The van der Waals surface area contributed by atoms with E-state index in [4.69, 9.17) is 5.73 Å². The van der Waals surface area contributed by atoms with Gasteiger partial charge in [0.15, 0.2) is 5.82 Å². The maximum atomic E-state index is 10.9. The van der Waals surface area contributed by atoms with Gasteiger partial charge >= 0.3 is 6.03 Å². The van der Waals surface area contributed by atoms with E-state index in [0.717, 1.165) is 42.5 Å². The smallest absolute Gasteiger partial charge is 0.312 e. The lowest BCUT2D eigenvalue weighted by Crippen LogP contribution is -2.46. The standard InChI is InChI=1S/C14H17N5OS/c15-13(20)16-11-6-8-19(9-7-11)14-17-12(18-21-14)10-4-2-1-3-5-10/h1-5,11H,6-9H2,(H3,15,16,20). The highest BCUT2D eigenvalue weighted by atomic mass is 32.1. The van der Waals surface area contributed by atoms with Crippen molar-refractivity contribution in [3.63, 3.8) is 0 Å². The fourth-order valence-corrected chi connectivity index (χ4v) is 3.20. The molecule has 1 aromatic heterocycles. The van der Waals surface area contributed by atoms with Crippen molar-refractivity contribution < 1.29 is 4.79 Å². The Balaban J connectivity index is 1.64. The first-order valence-corrected chi connectivity index (χ1v) is 7.70. The molecule has 1 aliphatic rings. The van der Waals surface area contributed by atoms with Crippen molar-refractivity contribution in [2.45, 2.75) is 18.9 Å². The Labute approximate surface area is 127 Å². The molecular formula is C14H17N5OS. The fourth-order valence-electron chi connectivity index (χ4n) is 2.46. The van der Waals surface area contributed by atoms with Gasteiger partial charge in [-0.25, -0.2) is 4.79 Å². The maximum absolute atomic E-state index is 10.9. The van der Waals surface area contributed by atoms with Gasteiger partial charge in [-0.3, -0.25) is 0 Å². The number of aromatic nitrogens is 2. The number of hydrogen-bond acceptors (Lipinski definition) is 5. The molecule has 0 spiro atoms. The second-order valence-corrected chi connectivity index (χ2v) is 5.77. The molecule has 6 nitrogen and oxygen atoms in total. The highest BCUT2D eigenvalue weighted by Crippen LogP contribution is 2.26. The molecule has 0 saturated carbocycles. The molecule has 2 amide bonds. The Bertz CT molecular complexity index is 607. The van der Waals surface area contributed by atoms with Crippen molar-refractivity contribution in [2.24, 2.45) is 5.73 Å². The van der Waals surface area contributed by atoms with Crippen LogP contribution in [0.3, 0.4) is 0 Å². The molecule has 1 saturated heterocycles. The molecular weight excluding hydrogens is 286 g/mol. The largest absolute Gasteiger partial charge is 0.352 e. The average molecular weight is 303 g/mol. The lowest BCUT2D eigenvalue weighted by Gasteiger charge is -2.31. The highest BCUT2D eigenvalue weighted by Gasteiger charge is 2.22. The van der Waals surface area contributed by atoms with E-state index in [2.05, 4.69) is 19.6 Å². The number of rotatable bonds is 3. The number of primary amides is 1. The number of nitrogens with two attached hydrogens (primary N) is 1. The molecule has 110 valence electrons. The summed E-state index contributed by atoms with van der Waals surface area (Å²) >= 11 is 1.42. The first-order chi connectivity index (χ1) is 10.2. The minimum absolute atomic E-state index is 0.167. The SMILES string of the molecule is NC(=O)NC1CCN(c2nc(-c3ccccc3)ns2)CC1. The molecule has 2 heterocycles. The Kier molecular flexibility index (Phi) is 4.01. The predicted molar refractivity (Wildman–Crippen MR) is 83.3 cm³/mol. The second kappa shape index (κ2) is 6.09. The number of piperidine rings is 1. The van der Waals surface area contributed by atoms with Crippen molar-refractivity contribution in [2.75, 3.05) is 18.0 Å². The molecule has 3 rings (SSSR count). The predicted octanol–water partition coefficient (Wildman–Crippen LogP) is 1.84. The number of benzene rings is 1. The van der Waals surface area contributed by atoms with Crippen LogP contribution in [0.25, 0.3) is 11.4 Å². The van der Waals surface area contributed by atoms with Crippen LogP contribution in [-0.2, 0) is 0 Å². The molecule has 0 aliphatic carbocycles. The molecule has 1 aromatic carbocycles. The van der Waals surface area contributed by atoms with Crippen LogP contribution in [0.2, 0.25) is 0 Å². The van der Waals surface area contributed by atoms with Crippen LogP contribution < -0.4 is 16.0 Å². The topological polar surface area (TPSA) is 84.1 Å². The molecule has 21 heavy (non-hydrogen) atoms. The van der Waals surface area contributed by atoms with Crippen molar-refractivity contribution >= 4 is 22.7 Å². The summed E-state index contributed by atoms with van der Waals surface area (Å²) in [5, 5.41) is 3.70. The normalized spacial score (nSPS) is 15.9. The number of amides is 2. The number of nitrogens with zero attached hydrogens (tertiary/aromatic N) is 3. The van der Waals surface area contributed by atoms with E-state index in [9.17, 15) is 4.79 Å². The molecule has 2 aromatic rings. The average Bonchev–Trinajstić information content (AvgIpc) is 2.98. The summed E-state index contributed by atoms with van der Waals surface area (Å²) in [6.07, 6.45) is 1.76. The molecule has 0 bridgehead atoms. The Morgan fingerprint density at radius 2 is 2.00 bits per heavy atom. The van der Waals surface area contributed by atoms with Crippen molar-refractivity contribution in [3.05, 3.63) is 30.3 Å². The molecule has 1 fully saturated rings. The number of anilines is 1. The number of carbonyl (C=O) groups is 1. The third kappa shape index (κ3) is 3.30. The van der Waals surface area contributed by atoms with Gasteiger partial charge in [-0.15, -0.1) is 0 Å². The van der Waals surface area contributed by atoms with Crippen LogP contribution in [0.4, 0.5) is 9.93 Å². The van der Waals surface area contributed by atoms with Gasteiger partial charge in [0.2, 0.25) is 5.13 Å². The van der Waals surface area contributed by atoms with E-state index < -0.39 is 6.03 Å². The summed E-state index contributed by atoms with van der Waals surface area (Å²) in [7, 11) is 0. The third-order valence-corrected chi connectivity index (χ3v) is 4.34. The van der Waals surface area contributed by atoms with Gasteiger partial charge in [0.1, 0.15) is 0 Å². The molecule has 0 atom stereocenters. The van der Waals surface area contributed by atoms with Crippen LogP contribution in [0.5, 0.6) is 0 Å². The second-order valence-electron chi connectivity index (χ2n) is 5.04. The van der Waals surface area contributed by atoms with Crippen molar-refractivity contribution in [1.29, 1.82) is 0 Å². The lowest BCUT2D eigenvalue weighted by atomic mass is 10.1. The lowest BCUT2D eigenvalue weighted by molar-refractivity contribution is 0.242. The first-order valence-electron chi connectivity index (χ1n) is 6.92. The maximum Gasteiger partial charge on any atom is 0.312 e. The summed E-state index contributed by atoms with van der Waals surface area (Å²) in [6, 6.07) is 9.68. The minimum Gasteiger partial charge on any atom is -0.352 e. The van der Waals surface area contributed by atoms with Gasteiger partial charge in [-0.05, 0) is 12.8 Å². The van der Waals surface area contributed by atoms with E-state index in [-0.39, 0.29) is 6.04 Å². The van der Waals surface area contributed by atoms with Crippen LogP contribution in [0.15, 0.2) is 30.3 Å². The third-order valence-electron chi connectivity index (χ3n) is 3.56.